The van der Waals surface area contributed by atoms with Crippen LogP contribution in [0.1, 0.15) is 44.2 Å². The van der Waals surface area contributed by atoms with Gasteiger partial charge in [-0.15, -0.1) is 0 Å². The molecule has 5 nitrogen and oxygen atoms in total. The first-order valence-corrected chi connectivity index (χ1v) is 11.7. The highest BCUT2D eigenvalue weighted by Gasteiger charge is 2.30. The summed E-state index contributed by atoms with van der Waals surface area (Å²) < 4.78 is 26.9. The highest BCUT2D eigenvalue weighted by molar-refractivity contribution is 7.88. The molecular formula is C23H30N2O3S. The van der Waals surface area contributed by atoms with E-state index in [-0.39, 0.29) is 23.1 Å². The van der Waals surface area contributed by atoms with Crippen molar-refractivity contribution in [3.05, 3.63) is 71.8 Å². The van der Waals surface area contributed by atoms with Gasteiger partial charge in [0.25, 0.3) is 0 Å². The summed E-state index contributed by atoms with van der Waals surface area (Å²) in [5, 5.41) is 3.11. The van der Waals surface area contributed by atoms with Crippen molar-refractivity contribution in [2.24, 2.45) is 0 Å². The third kappa shape index (κ3) is 5.90. The molecule has 1 aliphatic rings. The van der Waals surface area contributed by atoms with Crippen LogP contribution in [-0.2, 0) is 26.0 Å². The molecule has 0 aromatic heterocycles. The molecule has 0 bridgehead atoms. The normalized spacial score (nSPS) is 16.5. The van der Waals surface area contributed by atoms with Gasteiger partial charge in [0.1, 0.15) is 0 Å². The summed E-state index contributed by atoms with van der Waals surface area (Å²) >= 11 is 0. The maximum atomic E-state index is 12.7. The zero-order chi connectivity index (χ0) is 20.9. The second-order valence-corrected chi connectivity index (χ2v) is 10.4. The molecule has 1 heterocycles. The van der Waals surface area contributed by atoms with Gasteiger partial charge in [-0.3, -0.25) is 4.79 Å². The van der Waals surface area contributed by atoms with Crippen molar-refractivity contribution in [3.63, 3.8) is 0 Å². The Morgan fingerprint density at radius 1 is 1.00 bits per heavy atom. The quantitative estimate of drug-likeness (QED) is 0.754. The second-order valence-electron chi connectivity index (χ2n) is 8.41. The van der Waals surface area contributed by atoms with Gasteiger partial charge < -0.3 is 5.32 Å². The summed E-state index contributed by atoms with van der Waals surface area (Å²) in [7, 11) is -3.33. The van der Waals surface area contributed by atoms with Crippen LogP contribution in [0.25, 0.3) is 0 Å². The lowest BCUT2D eigenvalue weighted by atomic mass is 9.81. The minimum atomic E-state index is -3.33. The number of hydrogen-bond donors (Lipinski definition) is 1. The number of benzene rings is 2. The fourth-order valence-corrected chi connectivity index (χ4v) is 5.39. The van der Waals surface area contributed by atoms with Gasteiger partial charge in [0.05, 0.1) is 5.75 Å². The zero-order valence-electron chi connectivity index (χ0n) is 17.2. The van der Waals surface area contributed by atoms with Gasteiger partial charge in [-0.05, 0) is 29.4 Å². The number of hydrogen-bond acceptors (Lipinski definition) is 3. The van der Waals surface area contributed by atoms with Crippen molar-refractivity contribution in [2.45, 2.75) is 50.3 Å². The molecule has 1 N–H and O–H groups in total. The SMILES string of the molecule is CC(C)(CC(=O)NC1CCN(S(=O)(=O)Cc2ccccc2)CC1)c1ccccc1. The number of carbonyl (C=O) groups excluding carboxylic acids is 1. The summed E-state index contributed by atoms with van der Waals surface area (Å²) in [5.74, 6) is 0.0419. The molecule has 0 saturated carbocycles. The molecule has 3 rings (SSSR count). The number of rotatable bonds is 7. The summed E-state index contributed by atoms with van der Waals surface area (Å²) in [6.45, 7) is 5.03. The molecule has 0 radical (unpaired) electrons. The minimum Gasteiger partial charge on any atom is -0.353 e. The Morgan fingerprint density at radius 2 is 1.55 bits per heavy atom. The molecular weight excluding hydrogens is 384 g/mol. The van der Waals surface area contributed by atoms with Crippen LogP contribution in [0.5, 0.6) is 0 Å². The first-order valence-electron chi connectivity index (χ1n) is 10.1. The van der Waals surface area contributed by atoms with Gasteiger partial charge >= 0.3 is 0 Å². The topological polar surface area (TPSA) is 66.5 Å². The molecule has 0 atom stereocenters. The van der Waals surface area contributed by atoms with Crippen LogP contribution in [0, 0.1) is 0 Å². The molecule has 1 fully saturated rings. The predicted molar refractivity (Wildman–Crippen MR) is 116 cm³/mol. The van der Waals surface area contributed by atoms with E-state index in [1.54, 1.807) is 4.31 Å². The standard InChI is InChI=1S/C23H30N2O3S/c1-23(2,20-11-7-4-8-12-20)17-22(26)24-21-13-15-25(16-14-21)29(27,28)18-19-9-5-3-6-10-19/h3-12,21H,13-18H2,1-2H3,(H,24,26). The van der Waals surface area contributed by atoms with E-state index in [2.05, 4.69) is 19.2 Å². The van der Waals surface area contributed by atoms with Crippen LogP contribution in [-0.4, -0.2) is 37.8 Å². The Kier molecular flexibility index (Phi) is 6.75. The summed E-state index contributed by atoms with van der Waals surface area (Å²) in [4.78, 5) is 12.6. The van der Waals surface area contributed by atoms with Crippen LogP contribution in [0.15, 0.2) is 60.7 Å². The molecule has 2 aromatic rings. The van der Waals surface area contributed by atoms with E-state index < -0.39 is 10.0 Å². The molecule has 2 aromatic carbocycles. The second kappa shape index (κ2) is 9.09. The number of nitrogens with one attached hydrogen (secondary N) is 1. The number of sulfonamides is 1. The Labute approximate surface area is 174 Å². The fraction of sp³-hybridized carbons (Fsp3) is 0.435. The van der Waals surface area contributed by atoms with Crippen LogP contribution < -0.4 is 5.32 Å². The van der Waals surface area contributed by atoms with Crippen molar-refractivity contribution in [1.82, 2.24) is 9.62 Å². The van der Waals surface area contributed by atoms with Gasteiger partial charge in [0, 0.05) is 25.6 Å². The van der Waals surface area contributed by atoms with Crippen molar-refractivity contribution < 1.29 is 13.2 Å². The Balaban J connectivity index is 1.50. The number of amides is 1. The number of carbonyl (C=O) groups is 1. The summed E-state index contributed by atoms with van der Waals surface area (Å²) in [6.07, 6.45) is 1.70. The lowest BCUT2D eigenvalue weighted by Crippen LogP contribution is -2.47. The smallest absolute Gasteiger partial charge is 0.221 e. The van der Waals surface area contributed by atoms with E-state index in [1.165, 1.54) is 0 Å². The van der Waals surface area contributed by atoms with Gasteiger partial charge in [-0.25, -0.2) is 12.7 Å². The van der Waals surface area contributed by atoms with E-state index in [9.17, 15) is 13.2 Å². The monoisotopic (exact) mass is 414 g/mol. The minimum absolute atomic E-state index is 0.0180. The molecule has 156 valence electrons. The largest absolute Gasteiger partial charge is 0.353 e. The molecule has 1 saturated heterocycles. The number of nitrogens with zero attached hydrogens (tertiary/aromatic N) is 1. The van der Waals surface area contributed by atoms with Crippen LogP contribution in [0.4, 0.5) is 0 Å². The molecule has 6 heteroatoms. The first kappa shape index (κ1) is 21.5. The van der Waals surface area contributed by atoms with Gasteiger partial charge in [-0.2, -0.15) is 0 Å². The van der Waals surface area contributed by atoms with Crippen molar-refractivity contribution in [2.75, 3.05) is 13.1 Å². The van der Waals surface area contributed by atoms with Gasteiger partial charge in [0.2, 0.25) is 15.9 Å². The maximum absolute atomic E-state index is 12.7. The van der Waals surface area contributed by atoms with E-state index >= 15 is 0 Å². The van der Waals surface area contributed by atoms with Crippen molar-refractivity contribution >= 4 is 15.9 Å². The van der Waals surface area contributed by atoms with Crippen LogP contribution in [0.3, 0.4) is 0 Å². The number of piperidine rings is 1. The highest BCUT2D eigenvalue weighted by Crippen LogP contribution is 2.27. The molecule has 29 heavy (non-hydrogen) atoms. The maximum Gasteiger partial charge on any atom is 0.221 e. The highest BCUT2D eigenvalue weighted by atomic mass is 32.2. The lowest BCUT2D eigenvalue weighted by molar-refractivity contribution is -0.123. The van der Waals surface area contributed by atoms with E-state index in [0.717, 1.165) is 11.1 Å². The zero-order valence-corrected chi connectivity index (χ0v) is 18.0. The molecule has 0 unspecified atom stereocenters. The van der Waals surface area contributed by atoms with Crippen LogP contribution in [0.2, 0.25) is 0 Å². The fourth-order valence-electron chi connectivity index (χ4n) is 3.83. The average molecular weight is 415 g/mol. The van der Waals surface area contributed by atoms with E-state index in [1.807, 2.05) is 60.7 Å². The third-order valence-electron chi connectivity index (χ3n) is 5.56. The van der Waals surface area contributed by atoms with Crippen molar-refractivity contribution in [3.8, 4) is 0 Å². The molecule has 1 aliphatic heterocycles. The summed E-state index contributed by atoms with van der Waals surface area (Å²) in [6, 6.07) is 19.3. The molecule has 0 aliphatic carbocycles. The Bertz CT molecular complexity index is 904. The Morgan fingerprint density at radius 3 is 2.14 bits per heavy atom. The van der Waals surface area contributed by atoms with Crippen LogP contribution >= 0.6 is 0 Å². The lowest BCUT2D eigenvalue weighted by Gasteiger charge is -2.32. The molecule has 1 amide bonds. The first-order chi connectivity index (χ1) is 13.8. The summed E-state index contributed by atoms with van der Waals surface area (Å²) in [5.41, 5.74) is 1.69. The van der Waals surface area contributed by atoms with E-state index in [4.69, 9.17) is 0 Å². The predicted octanol–water partition coefficient (Wildman–Crippen LogP) is 3.46. The third-order valence-corrected chi connectivity index (χ3v) is 7.41. The van der Waals surface area contributed by atoms with Gasteiger partial charge in [-0.1, -0.05) is 74.5 Å². The van der Waals surface area contributed by atoms with E-state index in [0.29, 0.717) is 32.4 Å². The average Bonchev–Trinajstić information content (AvgIpc) is 2.69. The van der Waals surface area contributed by atoms with Gasteiger partial charge in [0.15, 0.2) is 0 Å². The Hall–Kier alpha value is -2.18. The molecule has 0 spiro atoms. The van der Waals surface area contributed by atoms with Crippen molar-refractivity contribution in [1.29, 1.82) is 0 Å².